The fraction of sp³-hybridized carbons (Fsp3) is 0.333. The minimum Gasteiger partial charge on any atom is -0.365 e. The standard InChI is InChI=1S/C12H14F3N5S/c1-6-3-8(21-7(6)2)5-17-10-4-9(12(13,14)15)18-11(19-10)20-16/h3-4H,5,16H2,1-2H3,(H2,17,18,19,20). The Labute approximate surface area is 123 Å². The molecule has 0 aliphatic rings. The Morgan fingerprint density at radius 2 is 1.95 bits per heavy atom. The molecule has 21 heavy (non-hydrogen) atoms. The van der Waals surface area contributed by atoms with Crippen LogP contribution in [-0.2, 0) is 12.7 Å². The van der Waals surface area contributed by atoms with Crippen LogP contribution in [0.5, 0.6) is 0 Å². The van der Waals surface area contributed by atoms with E-state index in [-0.39, 0.29) is 11.8 Å². The second-order valence-electron chi connectivity index (χ2n) is 4.41. The molecule has 2 rings (SSSR count). The van der Waals surface area contributed by atoms with Crippen molar-refractivity contribution in [3.63, 3.8) is 0 Å². The summed E-state index contributed by atoms with van der Waals surface area (Å²) in [5, 5.41) is 2.85. The predicted octanol–water partition coefficient (Wildman–Crippen LogP) is 3.07. The third-order valence-electron chi connectivity index (χ3n) is 2.81. The number of anilines is 2. The number of alkyl halides is 3. The van der Waals surface area contributed by atoms with E-state index >= 15 is 0 Å². The van der Waals surface area contributed by atoms with Gasteiger partial charge in [-0.05, 0) is 25.5 Å². The van der Waals surface area contributed by atoms with Crippen LogP contribution in [0.2, 0.25) is 0 Å². The zero-order valence-electron chi connectivity index (χ0n) is 11.4. The van der Waals surface area contributed by atoms with Crippen LogP contribution < -0.4 is 16.6 Å². The molecule has 0 spiro atoms. The van der Waals surface area contributed by atoms with Gasteiger partial charge in [0.1, 0.15) is 5.82 Å². The van der Waals surface area contributed by atoms with Gasteiger partial charge in [0, 0.05) is 15.8 Å². The van der Waals surface area contributed by atoms with Crippen LogP contribution in [-0.4, -0.2) is 9.97 Å². The summed E-state index contributed by atoms with van der Waals surface area (Å²) in [6.07, 6.45) is -4.55. The van der Waals surface area contributed by atoms with Crippen molar-refractivity contribution in [3.05, 3.63) is 33.1 Å². The highest BCUT2D eigenvalue weighted by molar-refractivity contribution is 7.12. The summed E-state index contributed by atoms with van der Waals surface area (Å²) in [6, 6.07) is 2.84. The lowest BCUT2D eigenvalue weighted by Crippen LogP contribution is -2.16. The zero-order valence-corrected chi connectivity index (χ0v) is 12.2. The van der Waals surface area contributed by atoms with Crippen LogP contribution >= 0.6 is 11.3 Å². The van der Waals surface area contributed by atoms with Gasteiger partial charge in [0.25, 0.3) is 0 Å². The number of nitrogen functional groups attached to an aromatic ring is 1. The monoisotopic (exact) mass is 317 g/mol. The van der Waals surface area contributed by atoms with E-state index < -0.39 is 11.9 Å². The number of hydrogen-bond donors (Lipinski definition) is 3. The second kappa shape index (κ2) is 5.86. The molecule has 4 N–H and O–H groups in total. The van der Waals surface area contributed by atoms with E-state index in [1.54, 1.807) is 11.3 Å². The molecule has 0 amide bonds. The Morgan fingerprint density at radius 1 is 1.24 bits per heavy atom. The highest BCUT2D eigenvalue weighted by atomic mass is 32.1. The quantitative estimate of drug-likeness (QED) is 0.597. The van der Waals surface area contributed by atoms with E-state index in [0.29, 0.717) is 6.54 Å². The van der Waals surface area contributed by atoms with Gasteiger partial charge in [-0.25, -0.2) is 10.8 Å². The molecule has 0 saturated heterocycles. The summed E-state index contributed by atoms with van der Waals surface area (Å²) in [5.41, 5.74) is 2.13. The van der Waals surface area contributed by atoms with E-state index in [4.69, 9.17) is 5.84 Å². The number of hydrogen-bond acceptors (Lipinski definition) is 6. The fourth-order valence-corrected chi connectivity index (χ4v) is 2.66. The lowest BCUT2D eigenvalue weighted by Gasteiger charge is -2.10. The number of aromatic nitrogens is 2. The molecule has 0 fully saturated rings. The molecule has 114 valence electrons. The number of rotatable bonds is 4. The first-order valence-corrected chi connectivity index (χ1v) is 6.84. The van der Waals surface area contributed by atoms with E-state index in [1.165, 1.54) is 4.88 Å². The molecule has 0 aliphatic heterocycles. The van der Waals surface area contributed by atoms with Crippen molar-refractivity contribution in [2.24, 2.45) is 5.84 Å². The lowest BCUT2D eigenvalue weighted by molar-refractivity contribution is -0.141. The first-order valence-electron chi connectivity index (χ1n) is 6.02. The SMILES string of the molecule is Cc1cc(CNc2cc(C(F)(F)F)nc(NN)n2)sc1C. The van der Waals surface area contributed by atoms with Gasteiger partial charge in [-0.2, -0.15) is 18.2 Å². The minimum absolute atomic E-state index is 0.0639. The van der Waals surface area contributed by atoms with Gasteiger partial charge >= 0.3 is 6.18 Å². The van der Waals surface area contributed by atoms with Gasteiger partial charge in [0.2, 0.25) is 5.95 Å². The van der Waals surface area contributed by atoms with Gasteiger partial charge in [-0.3, -0.25) is 5.43 Å². The van der Waals surface area contributed by atoms with Crippen LogP contribution in [0.25, 0.3) is 0 Å². The molecule has 2 aromatic heterocycles. The highest BCUT2D eigenvalue weighted by Gasteiger charge is 2.33. The summed E-state index contributed by atoms with van der Waals surface area (Å²) >= 11 is 1.58. The highest BCUT2D eigenvalue weighted by Crippen LogP contribution is 2.30. The molecule has 0 radical (unpaired) electrons. The molecule has 0 saturated carbocycles. The first kappa shape index (κ1) is 15.5. The summed E-state index contributed by atoms with van der Waals surface area (Å²) in [4.78, 5) is 9.33. The smallest absolute Gasteiger partial charge is 0.365 e. The first-order chi connectivity index (χ1) is 9.79. The van der Waals surface area contributed by atoms with Crippen LogP contribution in [0.15, 0.2) is 12.1 Å². The van der Waals surface area contributed by atoms with Crippen LogP contribution in [0.1, 0.15) is 21.0 Å². The van der Waals surface area contributed by atoms with E-state index in [9.17, 15) is 13.2 Å². The number of nitrogens with one attached hydrogen (secondary N) is 2. The number of hydrazine groups is 1. The van der Waals surface area contributed by atoms with E-state index in [0.717, 1.165) is 16.5 Å². The van der Waals surface area contributed by atoms with Gasteiger partial charge in [0.05, 0.1) is 6.54 Å². The summed E-state index contributed by atoms with van der Waals surface area (Å²) in [7, 11) is 0. The van der Waals surface area contributed by atoms with E-state index in [1.807, 2.05) is 25.3 Å². The van der Waals surface area contributed by atoms with Crippen LogP contribution in [0, 0.1) is 13.8 Å². The lowest BCUT2D eigenvalue weighted by atomic mass is 10.3. The van der Waals surface area contributed by atoms with Crippen LogP contribution in [0.3, 0.4) is 0 Å². The van der Waals surface area contributed by atoms with Crippen molar-refractivity contribution in [2.75, 3.05) is 10.7 Å². The molecule has 2 heterocycles. The van der Waals surface area contributed by atoms with Gasteiger partial charge in [-0.1, -0.05) is 0 Å². The molecule has 0 aromatic carbocycles. The molecule has 0 unspecified atom stereocenters. The Morgan fingerprint density at radius 3 is 2.48 bits per heavy atom. The molecule has 5 nitrogen and oxygen atoms in total. The fourth-order valence-electron chi connectivity index (χ4n) is 1.66. The largest absolute Gasteiger partial charge is 0.433 e. The average molecular weight is 317 g/mol. The van der Waals surface area contributed by atoms with Gasteiger partial charge < -0.3 is 5.32 Å². The van der Waals surface area contributed by atoms with Crippen LogP contribution in [0.4, 0.5) is 24.9 Å². The maximum Gasteiger partial charge on any atom is 0.433 e. The number of halogens is 3. The van der Waals surface area contributed by atoms with Gasteiger partial charge in [-0.15, -0.1) is 11.3 Å². The zero-order chi connectivity index (χ0) is 15.6. The number of nitrogens with zero attached hydrogens (tertiary/aromatic N) is 2. The predicted molar refractivity (Wildman–Crippen MR) is 76.0 cm³/mol. The summed E-state index contributed by atoms with van der Waals surface area (Å²) in [5.74, 6) is 4.87. The third kappa shape index (κ3) is 3.82. The van der Waals surface area contributed by atoms with E-state index in [2.05, 4.69) is 15.3 Å². The molecule has 0 aliphatic carbocycles. The summed E-state index contributed by atoms with van der Waals surface area (Å²) < 4.78 is 38.2. The van der Waals surface area contributed by atoms with Gasteiger partial charge in [0.15, 0.2) is 5.69 Å². The Bertz CT molecular complexity index is 619. The normalized spacial score (nSPS) is 11.5. The number of nitrogens with two attached hydrogens (primary N) is 1. The maximum atomic E-state index is 12.7. The van der Waals surface area contributed by atoms with Crippen molar-refractivity contribution in [1.29, 1.82) is 0 Å². The van der Waals surface area contributed by atoms with Crippen molar-refractivity contribution in [3.8, 4) is 0 Å². The Balaban J connectivity index is 2.19. The second-order valence-corrected chi connectivity index (χ2v) is 5.75. The molecular weight excluding hydrogens is 303 g/mol. The third-order valence-corrected chi connectivity index (χ3v) is 3.96. The molecule has 9 heteroatoms. The maximum absolute atomic E-state index is 12.7. The molecular formula is C12H14F3N5S. The van der Waals surface area contributed by atoms with Crippen molar-refractivity contribution in [1.82, 2.24) is 9.97 Å². The Hall–Kier alpha value is -1.87. The summed E-state index contributed by atoms with van der Waals surface area (Å²) in [6.45, 7) is 4.36. The number of aryl methyl sites for hydroxylation is 2. The number of thiophene rings is 1. The van der Waals surface area contributed by atoms with Crippen molar-refractivity contribution >= 4 is 23.1 Å². The minimum atomic E-state index is -4.55. The molecule has 2 aromatic rings. The topological polar surface area (TPSA) is 75.9 Å². The average Bonchev–Trinajstić information content (AvgIpc) is 2.74. The molecule has 0 bridgehead atoms. The van der Waals surface area contributed by atoms with Crippen molar-refractivity contribution in [2.45, 2.75) is 26.6 Å². The Kier molecular flexibility index (Phi) is 4.33. The van der Waals surface area contributed by atoms with Crippen molar-refractivity contribution < 1.29 is 13.2 Å². The molecule has 0 atom stereocenters.